The van der Waals surface area contributed by atoms with Gasteiger partial charge >= 0.3 is 5.97 Å². The van der Waals surface area contributed by atoms with Gasteiger partial charge in [0.15, 0.2) is 5.12 Å². The number of rotatable bonds is 13. The summed E-state index contributed by atoms with van der Waals surface area (Å²) in [4.78, 5) is 35.6. The lowest BCUT2D eigenvalue weighted by molar-refractivity contribution is -0.144. The zero-order valence-electron chi connectivity index (χ0n) is 21.0. The first-order valence-electron chi connectivity index (χ1n) is 11.9. The van der Waals surface area contributed by atoms with E-state index < -0.39 is 11.2 Å². The summed E-state index contributed by atoms with van der Waals surface area (Å²) < 4.78 is 16.6. The van der Waals surface area contributed by atoms with Crippen LogP contribution in [0.25, 0.3) is 11.1 Å². The Bertz CT molecular complexity index is 1200. The fraction of sp³-hybridized carbons (Fsp3) is 0.276. The Kier molecular flexibility index (Phi) is 10.6. The summed E-state index contributed by atoms with van der Waals surface area (Å²) in [6.07, 6.45) is 1.14. The molecule has 37 heavy (non-hydrogen) atoms. The zero-order valence-corrected chi connectivity index (χ0v) is 21.8. The highest BCUT2D eigenvalue weighted by molar-refractivity contribution is 8.14. The van der Waals surface area contributed by atoms with Crippen molar-refractivity contribution in [2.75, 3.05) is 13.7 Å². The highest BCUT2D eigenvalue weighted by Crippen LogP contribution is 2.27. The summed E-state index contributed by atoms with van der Waals surface area (Å²) in [5, 5.41) is -0.822. The second kappa shape index (κ2) is 14.1. The Morgan fingerprint density at radius 1 is 0.946 bits per heavy atom. The minimum Gasteiger partial charge on any atom is -0.496 e. The van der Waals surface area contributed by atoms with Crippen molar-refractivity contribution in [3.05, 3.63) is 83.9 Å². The van der Waals surface area contributed by atoms with E-state index in [9.17, 15) is 14.4 Å². The molecule has 0 aliphatic heterocycles. The van der Waals surface area contributed by atoms with Crippen LogP contribution in [0.15, 0.2) is 72.8 Å². The van der Waals surface area contributed by atoms with Gasteiger partial charge in [-0.3, -0.25) is 14.4 Å². The van der Waals surface area contributed by atoms with Crippen molar-refractivity contribution in [2.24, 2.45) is 5.73 Å². The maximum Gasteiger partial charge on any atom is 0.320 e. The Balaban J connectivity index is 1.61. The summed E-state index contributed by atoms with van der Waals surface area (Å²) in [7, 11) is 1.52. The number of amides is 1. The maximum atomic E-state index is 12.9. The fourth-order valence-corrected chi connectivity index (χ4v) is 4.50. The number of thioether (sulfide) groups is 1. The Morgan fingerprint density at radius 2 is 1.65 bits per heavy atom. The van der Waals surface area contributed by atoms with Gasteiger partial charge in [0.1, 0.15) is 23.4 Å². The third-order valence-corrected chi connectivity index (χ3v) is 6.49. The van der Waals surface area contributed by atoms with Gasteiger partial charge in [0.25, 0.3) is 0 Å². The molecule has 7 nitrogen and oxygen atoms in total. The molecule has 3 aromatic carbocycles. The van der Waals surface area contributed by atoms with E-state index in [0.717, 1.165) is 28.5 Å². The second-order valence-corrected chi connectivity index (χ2v) is 9.74. The van der Waals surface area contributed by atoms with Crippen LogP contribution < -0.4 is 15.2 Å². The van der Waals surface area contributed by atoms with Gasteiger partial charge in [-0.05, 0) is 41.7 Å². The van der Waals surface area contributed by atoms with E-state index in [-0.39, 0.29) is 24.1 Å². The highest BCUT2D eigenvalue weighted by Gasteiger charge is 2.24. The van der Waals surface area contributed by atoms with Crippen molar-refractivity contribution in [1.82, 2.24) is 0 Å². The lowest BCUT2D eigenvalue weighted by Gasteiger charge is -2.16. The lowest BCUT2D eigenvalue weighted by atomic mass is 10.0. The van der Waals surface area contributed by atoms with E-state index in [2.05, 4.69) is 0 Å². The molecule has 0 bridgehead atoms. The van der Waals surface area contributed by atoms with Gasteiger partial charge in [0, 0.05) is 25.0 Å². The van der Waals surface area contributed by atoms with Crippen LogP contribution in [-0.2, 0) is 32.1 Å². The van der Waals surface area contributed by atoms with E-state index in [4.69, 9.17) is 19.9 Å². The molecule has 0 fully saturated rings. The molecule has 0 spiro atoms. The molecule has 8 heteroatoms. The van der Waals surface area contributed by atoms with Gasteiger partial charge in [-0.1, -0.05) is 66.4 Å². The molecule has 1 atom stereocenters. The molecule has 0 unspecified atom stereocenters. The molecule has 0 saturated heterocycles. The third kappa shape index (κ3) is 8.99. The van der Waals surface area contributed by atoms with Crippen molar-refractivity contribution in [2.45, 2.75) is 38.0 Å². The Labute approximate surface area is 221 Å². The van der Waals surface area contributed by atoms with Gasteiger partial charge < -0.3 is 19.9 Å². The van der Waals surface area contributed by atoms with E-state index in [0.29, 0.717) is 36.5 Å². The quantitative estimate of drug-likeness (QED) is 0.251. The van der Waals surface area contributed by atoms with Gasteiger partial charge in [-0.15, -0.1) is 0 Å². The molecule has 0 aliphatic carbocycles. The molecular weight excluding hydrogens is 490 g/mol. The molecule has 1 amide bonds. The summed E-state index contributed by atoms with van der Waals surface area (Å²) in [5.41, 5.74) is 8.93. The zero-order chi connectivity index (χ0) is 26.6. The first-order chi connectivity index (χ1) is 17.9. The monoisotopic (exact) mass is 521 g/mol. The SMILES string of the molecule is COc1cc(OCCCC(N)=O)ccc1COC(=O)[C@@H](Cc1ccc(-c2ccccc2)cc1)SC(C)=O. The summed E-state index contributed by atoms with van der Waals surface area (Å²) in [6.45, 7) is 1.78. The predicted molar refractivity (Wildman–Crippen MR) is 144 cm³/mol. The van der Waals surface area contributed by atoms with E-state index >= 15 is 0 Å². The van der Waals surface area contributed by atoms with E-state index in [1.165, 1.54) is 14.0 Å². The van der Waals surface area contributed by atoms with Crippen LogP contribution >= 0.6 is 11.8 Å². The van der Waals surface area contributed by atoms with Crippen molar-refractivity contribution < 1.29 is 28.6 Å². The van der Waals surface area contributed by atoms with Crippen LogP contribution in [0.2, 0.25) is 0 Å². The number of hydrogen-bond donors (Lipinski definition) is 1. The molecule has 0 aromatic heterocycles. The molecule has 0 heterocycles. The Hall–Kier alpha value is -3.78. The van der Waals surface area contributed by atoms with Gasteiger partial charge in [0.2, 0.25) is 5.91 Å². The maximum absolute atomic E-state index is 12.9. The number of primary amides is 1. The molecule has 0 aliphatic rings. The molecule has 0 radical (unpaired) electrons. The largest absolute Gasteiger partial charge is 0.496 e. The minimum absolute atomic E-state index is 0.00806. The van der Waals surface area contributed by atoms with Crippen LogP contribution in [0.5, 0.6) is 11.5 Å². The highest BCUT2D eigenvalue weighted by atomic mass is 32.2. The molecule has 3 aromatic rings. The number of esters is 1. The Morgan fingerprint density at radius 3 is 2.30 bits per heavy atom. The first kappa shape index (κ1) is 27.8. The summed E-state index contributed by atoms with van der Waals surface area (Å²) in [6, 6.07) is 23.2. The molecule has 2 N–H and O–H groups in total. The van der Waals surface area contributed by atoms with Crippen molar-refractivity contribution >= 4 is 28.8 Å². The van der Waals surface area contributed by atoms with Crippen LogP contribution in [0, 0.1) is 0 Å². The molecule has 3 rings (SSSR count). The third-order valence-electron chi connectivity index (χ3n) is 5.52. The molecular formula is C29H31NO6S. The van der Waals surface area contributed by atoms with Crippen LogP contribution in [-0.4, -0.2) is 36.0 Å². The van der Waals surface area contributed by atoms with Gasteiger partial charge in [-0.25, -0.2) is 0 Å². The van der Waals surface area contributed by atoms with Crippen LogP contribution in [0.1, 0.15) is 30.9 Å². The van der Waals surface area contributed by atoms with E-state index in [1.807, 2.05) is 54.6 Å². The number of ether oxygens (including phenoxy) is 3. The average Bonchev–Trinajstić information content (AvgIpc) is 2.90. The van der Waals surface area contributed by atoms with Crippen molar-refractivity contribution in [3.63, 3.8) is 0 Å². The number of hydrogen-bond acceptors (Lipinski definition) is 7. The molecule has 194 valence electrons. The van der Waals surface area contributed by atoms with Gasteiger partial charge in [-0.2, -0.15) is 0 Å². The number of carbonyl (C=O) groups is 3. The fourth-order valence-electron chi connectivity index (χ4n) is 3.66. The number of nitrogens with two attached hydrogens (primary N) is 1. The van der Waals surface area contributed by atoms with E-state index in [1.54, 1.807) is 18.2 Å². The average molecular weight is 522 g/mol. The second-order valence-electron chi connectivity index (χ2n) is 8.36. The normalized spacial score (nSPS) is 11.4. The van der Waals surface area contributed by atoms with Crippen molar-refractivity contribution in [1.29, 1.82) is 0 Å². The number of carbonyl (C=O) groups excluding carboxylic acids is 3. The first-order valence-corrected chi connectivity index (χ1v) is 12.8. The number of methoxy groups -OCH3 is 1. The smallest absolute Gasteiger partial charge is 0.320 e. The van der Waals surface area contributed by atoms with Crippen molar-refractivity contribution in [3.8, 4) is 22.6 Å². The topological polar surface area (TPSA) is 105 Å². The summed E-state index contributed by atoms with van der Waals surface area (Å²) >= 11 is 0.966. The predicted octanol–water partition coefficient (Wildman–Crippen LogP) is 4.94. The van der Waals surface area contributed by atoms with Crippen LogP contribution in [0.4, 0.5) is 0 Å². The lowest BCUT2D eigenvalue weighted by Crippen LogP contribution is -2.24. The molecule has 0 saturated carbocycles. The van der Waals surface area contributed by atoms with Crippen LogP contribution in [0.3, 0.4) is 0 Å². The number of benzene rings is 3. The summed E-state index contributed by atoms with van der Waals surface area (Å²) in [5.74, 6) is 0.234. The standard InChI is InChI=1S/C29H31NO6S/c1-20(31)37-27(17-21-10-12-23(13-11-21)22-7-4-3-5-8-22)29(33)36-19-24-14-15-25(18-26(24)34-2)35-16-6-9-28(30)32/h3-5,7-8,10-15,18,27H,6,9,16-17,19H2,1-2H3,(H2,30,32)/t27-/m1/s1. The van der Waals surface area contributed by atoms with Gasteiger partial charge in [0.05, 0.1) is 13.7 Å². The minimum atomic E-state index is -0.668.